The van der Waals surface area contributed by atoms with Gasteiger partial charge in [0.1, 0.15) is 6.07 Å². The zero-order valence-electron chi connectivity index (χ0n) is 14.4. The first kappa shape index (κ1) is 18.0. The molecule has 0 atom stereocenters. The van der Waals surface area contributed by atoms with E-state index in [1.54, 1.807) is 13.0 Å². The lowest BCUT2D eigenvalue weighted by molar-refractivity contribution is -0.117. The van der Waals surface area contributed by atoms with Crippen LogP contribution in [0.3, 0.4) is 0 Å². The van der Waals surface area contributed by atoms with Gasteiger partial charge in [0.05, 0.1) is 30.5 Å². The lowest BCUT2D eigenvalue weighted by Crippen LogP contribution is -2.37. The molecule has 1 saturated heterocycles. The summed E-state index contributed by atoms with van der Waals surface area (Å²) in [5, 5.41) is 12.2. The number of ether oxygens (including phenoxy) is 1. The van der Waals surface area contributed by atoms with E-state index >= 15 is 0 Å². The van der Waals surface area contributed by atoms with Gasteiger partial charge in [-0.2, -0.15) is 5.26 Å². The number of nitriles is 1. The number of nitrogens with one attached hydrogen (secondary N) is 1. The summed E-state index contributed by atoms with van der Waals surface area (Å²) in [6.45, 7) is 5.68. The molecule has 0 radical (unpaired) electrons. The van der Waals surface area contributed by atoms with Gasteiger partial charge in [0, 0.05) is 0 Å². The van der Waals surface area contributed by atoms with Crippen molar-refractivity contribution in [3.63, 3.8) is 0 Å². The van der Waals surface area contributed by atoms with Gasteiger partial charge < -0.3 is 10.1 Å². The summed E-state index contributed by atoms with van der Waals surface area (Å²) >= 11 is 0. The minimum absolute atomic E-state index is 0.212. The van der Waals surface area contributed by atoms with Crippen molar-refractivity contribution in [3.05, 3.63) is 28.3 Å². The van der Waals surface area contributed by atoms with E-state index in [0.29, 0.717) is 5.56 Å². The SMILES string of the molecule is COC(=O)c1cc(C)c(C)c(C#N)c1NC(=O)CN1CCCCC1. The van der Waals surface area contributed by atoms with E-state index in [1.165, 1.54) is 13.5 Å². The van der Waals surface area contributed by atoms with Gasteiger partial charge >= 0.3 is 5.97 Å². The van der Waals surface area contributed by atoms with E-state index in [1.807, 2.05) is 6.92 Å². The summed E-state index contributed by atoms with van der Waals surface area (Å²) in [7, 11) is 1.28. The number of carbonyl (C=O) groups is 2. The van der Waals surface area contributed by atoms with Crippen LogP contribution >= 0.6 is 0 Å². The molecule has 1 fully saturated rings. The topological polar surface area (TPSA) is 82.4 Å². The molecular weight excluding hydrogens is 306 g/mol. The zero-order chi connectivity index (χ0) is 17.7. The van der Waals surface area contributed by atoms with Crippen molar-refractivity contribution in [1.29, 1.82) is 5.26 Å². The molecule has 0 saturated carbocycles. The van der Waals surface area contributed by atoms with Crippen LogP contribution in [0.2, 0.25) is 0 Å². The second kappa shape index (κ2) is 7.93. The van der Waals surface area contributed by atoms with E-state index in [9.17, 15) is 14.9 Å². The Morgan fingerprint density at radius 1 is 1.29 bits per heavy atom. The number of nitrogens with zero attached hydrogens (tertiary/aromatic N) is 2. The molecule has 1 aliphatic heterocycles. The smallest absolute Gasteiger partial charge is 0.340 e. The molecule has 1 heterocycles. The van der Waals surface area contributed by atoms with Gasteiger partial charge in [-0.25, -0.2) is 4.79 Å². The predicted molar refractivity (Wildman–Crippen MR) is 90.9 cm³/mol. The number of methoxy groups -OCH3 is 1. The quantitative estimate of drug-likeness (QED) is 0.858. The fraction of sp³-hybridized carbons (Fsp3) is 0.500. The highest BCUT2D eigenvalue weighted by molar-refractivity contribution is 6.04. The van der Waals surface area contributed by atoms with Gasteiger partial charge in [-0.15, -0.1) is 0 Å². The number of piperidine rings is 1. The average Bonchev–Trinajstić information content (AvgIpc) is 2.58. The third-order valence-electron chi connectivity index (χ3n) is 4.44. The summed E-state index contributed by atoms with van der Waals surface area (Å²) in [5.74, 6) is -0.787. The number of hydrogen-bond acceptors (Lipinski definition) is 5. The average molecular weight is 329 g/mol. The molecule has 1 N–H and O–H groups in total. The number of aryl methyl sites for hydroxylation is 1. The van der Waals surface area contributed by atoms with Crippen LogP contribution in [0.15, 0.2) is 6.07 Å². The molecule has 0 unspecified atom stereocenters. The van der Waals surface area contributed by atoms with Crippen molar-refractivity contribution in [1.82, 2.24) is 4.90 Å². The Morgan fingerprint density at radius 3 is 2.54 bits per heavy atom. The second-order valence-electron chi connectivity index (χ2n) is 6.10. The first-order chi connectivity index (χ1) is 11.5. The number of esters is 1. The first-order valence-electron chi connectivity index (χ1n) is 8.12. The second-order valence-corrected chi connectivity index (χ2v) is 6.10. The lowest BCUT2D eigenvalue weighted by atomic mass is 9.97. The maximum atomic E-state index is 12.4. The molecule has 128 valence electrons. The normalized spacial score (nSPS) is 14.8. The third-order valence-corrected chi connectivity index (χ3v) is 4.44. The summed E-state index contributed by atoms with van der Waals surface area (Å²) < 4.78 is 4.79. The Labute approximate surface area is 142 Å². The first-order valence-corrected chi connectivity index (χ1v) is 8.12. The highest BCUT2D eigenvalue weighted by Crippen LogP contribution is 2.28. The molecule has 0 spiro atoms. The van der Waals surface area contributed by atoms with E-state index < -0.39 is 5.97 Å². The maximum absolute atomic E-state index is 12.4. The third kappa shape index (κ3) is 3.92. The molecule has 1 aromatic rings. The van der Waals surface area contributed by atoms with Crippen LogP contribution in [0.5, 0.6) is 0 Å². The Bertz CT molecular complexity index is 686. The van der Waals surface area contributed by atoms with Crippen molar-refractivity contribution < 1.29 is 14.3 Å². The van der Waals surface area contributed by atoms with Gasteiger partial charge in [0.25, 0.3) is 0 Å². The van der Waals surface area contributed by atoms with Crippen LogP contribution in [0.4, 0.5) is 5.69 Å². The molecule has 0 bridgehead atoms. The van der Waals surface area contributed by atoms with Crippen LogP contribution in [-0.4, -0.2) is 43.5 Å². The summed E-state index contributed by atoms with van der Waals surface area (Å²) in [6.07, 6.45) is 3.38. The molecule has 1 amide bonds. The van der Waals surface area contributed by atoms with Crippen molar-refractivity contribution in [2.45, 2.75) is 33.1 Å². The number of benzene rings is 1. The molecule has 6 nitrogen and oxygen atoms in total. The Hall–Kier alpha value is -2.39. The molecule has 2 rings (SSSR count). The van der Waals surface area contributed by atoms with E-state index in [-0.39, 0.29) is 23.7 Å². The zero-order valence-corrected chi connectivity index (χ0v) is 14.4. The van der Waals surface area contributed by atoms with E-state index in [0.717, 1.165) is 37.1 Å². The fourth-order valence-electron chi connectivity index (χ4n) is 2.96. The monoisotopic (exact) mass is 329 g/mol. The van der Waals surface area contributed by atoms with Crippen LogP contribution in [0, 0.1) is 25.2 Å². The minimum Gasteiger partial charge on any atom is -0.465 e. The molecule has 6 heteroatoms. The van der Waals surface area contributed by atoms with Gasteiger partial charge in [0.2, 0.25) is 5.91 Å². The summed E-state index contributed by atoms with van der Waals surface area (Å²) in [6, 6.07) is 3.75. The van der Waals surface area contributed by atoms with Crippen LogP contribution in [-0.2, 0) is 9.53 Å². The fourth-order valence-corrected chi connectivity index (χ4v) is 2.96. The number of anilines is 1. The van der Waals surface area contributed by atoms with Gasteiger partial charge in [-0.3, -0.25) is 9.69 Å². The number of likely N-dealkylation sites (tertiary alicyclic amines) is 1. The van der Waals surface area contributed by atoms with Crippen molar-refractivity contribution >= 4 is 17.6 Å². The molecule has 1 aromatic carbocycles. The molecule has 0 aliphatic carbocycles. The molecule has 1 aliphatic rings. The van der Waals surface area contributed by atoms with Crippen molar-refractivity contribution in [2.75, 3.05) is 32.1 Å². The Morgan fingerprint density at radius 2 is 1.96 bits per heavy atom. The highest BCUT2D eigenvalue weighted by atomic mass is 16.5. The van der Waals surface area contributed by atoms with Gasteiger partial charge in [-0.1, -0.05) is 6.42 Å². The lowest BCUT2D eigenvalue weighted by Gasteiger charge is -2.26. The molecular formula is C18H23N3O3. The van der Waals surface area contributed by atoms with Gasteiger partial charge in [-0.05, 0) is 57.0 Å². The summed E-state index contributed by atoms with van der Waals surface area (Å²) in [5.41, 5.74) is 2.32. The largest absolute Gasteiger partial charge is 0.465 e. The molecule has 24 heavy (non-hydrogen) atoms. The standard InChI is InChI=1S/C18H23N3O3/c1-12-9-14(18(23)24-3)17(15(10-19)13(12)2)20-16(22)11-21-7-5-4-6-8-21/h9H,4-8,11H2,1-3H3,(H,20,22). The Kier molecular flexibility index (Phi) is 5.93. The Balaban J connectivity index is 2.30. The minimum atomic E-state index is -0.567. The van der Waals surface area contributed by atoms with Crippen LogP contribution in [0.25, 0.3) is 0 Å². The predicted octanol–water partition coefficient (Wildman–Crippen LogP) is 2.39. The van der Waals surface area contributed by atoms with Crippen LogP contribution < -0.4 is 5.32 Å². The van der Waals surface area contributed by atoms with Crippen molar-refractivity contribution in [3.8, 4) is 6.07 Å². The summed E-state index contributed by atoms with van der Waals surface area (Å²) in [4.78, 5) is 26.5. The number of hydrogen-bond donors (Lipinski definition) is 1. The highest BCUT2D eigenvalue weighted by Gasteiger charge is 2.22. The maximum Gasteiger partial charge on any atom is 0.340 e. The van der Waals surface area contributed by atoms with Crippen molar-refractivity contribution in [2.24, 2.45) is 0 Å². The van der Waals surface area contributed by atoms with Gasteiger partial charge in [0.15, 0.2) is 0 Å². The van der Waals surface area contributed by atoms with E-state index in [4.69, 9.17) is 4.74 Å². The van der Waals surface area contributed by atoms with Crippen LogP contribution in [0.1, 0.15) is 46.3 Å². The number of carbonyl (C=O) groups excluding carboxylic acids is 2. The number of amides is 1. The molecule has 0 aromatic heterocycles. The van der Waals surface area contributed by atoms with E-state index in [2.05, 4.69) is 16.3 Å². The number of rotatable bonds is 4.